The van der Waals surface area contributed by atoms with Gasteiger partial charge in [-0.1, -0.05) is 48.5 Å². The lowest BCUT2D eigenvalue weighted by Gasteiger charge is -2.34. The maximum absolute atomic E-state index is 12.2. The van der Waals surface area contributed by atoms with Gasteiger partial charge in [-0.3, -0.25) is 9.69 Å². The molecule has 1 amide bonds. The van der Waals surface area contributed by atoms with E-state index in [1.807, 2.05) is 31.2 Å². The second-order valence-corrected chi connectivity index (χ2v) is 7.33. The van der Waals surface area contributed by atoms with E-state index in [4.69, 9.17) is 19.8 Å². The average molecular weight is 428 g/mol. The number of nitrogens with one attached hydrogen (secondary N) is 1. The third kappa shape index (κ3) is 8.98. The number of aliphatic carboxylic acids is 2. The Balaban J connectivity index is 0.000000501. The van der Waals surface area contributed by atoms with Crippen molar-refractivity contribution in [3.05, 3.63) is 65.7 Å². The first-order valence-electron chi connectivity index (χ1n) is 10.2. The van der Waals surface area contributed by atoms with E-state index < -0.39 is 11.9 Å². The van der Waals surface area contributed by atoms with Crippen LogP contribution in [0.3, 0.4) is 0 Å². The summed E-state index contributed by atoms with van der Waals surface area (Å²) in [6.07, 6.45) is 0.549. The fraction of sp³-hybridized carbons (Fsp3) is 0.348. The molecule has 0 saturated carbocycles. The average Bonchev–Trinajstić information content (AvgIpc) is 2.76. The van der Waals surface area contributed by atoms with Crippen LogP contribution in [0.4, 0.5) is 5.69 Å². The van der Waals surface area contributed by atoms with E-state index in [1.54, 1.807) is 0 Å². The number of nitrogens with zero attached hydrogens (tertiary/aromatic N) is 2. The number of benzene rings is 2. The second kappa shape index (κ2) is 12.5. The van der Waals surface area contributed by atoms with Gasteiger partial charge in [0.25, 0.3) is 0 Å². The predicted molar refractivity (Wildman–Crippen MR) is 118 cm³/mol. The molecule has 166 valence electrons. The Bertz CT molecular complexity index is 853. The van der Waals surface area contributed by atoms with E-state index >= 15 is 0 Å². The molecular formula is C23H29N3O5. The molecule has 1 heterocycles. The molecule has 0 bridgehead atoms. The molecule has 0 aromatic heterocycles. The quantitative estimate of drug-likeness (QED) is 0.607. The molecule has 1 aliphatic heterocycles. The Hall–Kier alpha value is -3.23. The van der Waals surface area contributed by atoms with Gasteiger partial charge in [0.15, 0.2) is 0 Å². The molecule has 0 unspecified atom stereocenters. The van der Waals surface area contributed by atoms with Gasteiger partial charge in [-0.25, -0.2) is 9.59 Å². The molecular weight excluding hydrogens is 398 g/mol. The van der Waals surface area contributed by atoms with E-state index in [0.29, 0.717) is 6.42 Å². The van der Waals surface area contributed by atoms with Crippen LogP contribution in [-0.4, -0.2) is 70.6 Å². The van der Waals surface area contributed by atoms with Crippen LogP contribution < -0.4 is 5.32 Å². The molecule has 8 nitrogen and oxygen atoms in total. The molecule has 2 aromatic carbocycles. The summed E-state index contributed by atoms with van der Waals surface area (Å²) in [6, 6.07) is 18.5. The van der Waals surface area contributed by atoms with Gasteiger partial charge in [0, 0.05) is 51.4 Å². The van der Waals surface area contributed by atoms with Crippen molar-refractivity contribution >= 4 is 23.5 Å². The number of carboxylic acids is 2. The third-order valence-electron chi connectivity index (χ3n) is 4.97. The number of aryl methyl sites for hydroxylation is 1. The fourth-order valence-electron chi connectivity index (χ4n) is 3.20. The molecule has 8 heteroatoms. The molecule has 3 N–H and O–H groups in total. The maximum Gasteiger partial charge on any atom is 0.414 e. The minimum atomic E-state index is -1.82. The number of anilines is 1. The van der Waals surface area contributed by atoms with Crippen molar-refractivity contribution in [2.45, 2.75) is 19.9 Å². The van der Waals surface area contributed by atoms with Crippen molar-refractivity contribution in [2.75, 3.05) is 38.0 Å². The fourth-order valence-corrected chi connectivity index (χ4v) is 3.20. The summed E-state index contributed by atoms with van der Waals surface area (Å²) in [5.41, 5.74) is 3.39. The van der Waals surface area contributed by atoms with Crippen LogP contribution >= 0.6 is 0 Å². The van der Waals surface area contributed by atoms with Crippen LogP contribution in [0.25, 0.3) is 0 Å². The SMILES string of the molecule is Cc1ccccc1NC(=O)CCN1CCN(Cc2ccccc2)CC1.O=C(O)C(=O)O. The van der Waals surface area contributed by atoms with E-state index in [0.717, 1.165) is 50.5 Å². The van der Waals surface area contributed by atoms with Crippen LogP contribution in [0.1, 0.15) is 17.5 Å². The number of hydrogen-bond acceptors (Lipinski definition) is 5. The monoisotopic (exact) mass is 427 g/mol. The number of carboxylic acid groups (broad SMARTS) is 2. The Kier molecular flexibility index (Phi) is 9.67. The highest BCUT2D eigenvalue weighted by Crippen LogP contribution is 2.14. The lowest BCUT2D eigenvalue weighted by atomic mass is 10.2. The van der Waals surface area contributed by atoms with Gasteiger partial charge in [-0.05, 0) is 24.1 Å². The summed E-state index contributed by atoms with van der Waals surface area (Å²) in [4.78, 5) is 35.2. The van der Waals surface area contributed by atoms with Gasteiger partial charge in [-0.15, -0.1) is 0 Å². The van der Waals surface area contributed by atoms with Crippen molar-refractivity contribution in [1.82, 2.24) is 9.80 Å². The Morgan fingerprint density at radius 3 is 1.97 bits per heavy atom. The standard InChI is InChI=1S/C21H27N3O.C2H2O4/c1-18-7-5-6-10-20(18)22-21(25)11-12-23-13-15-24(16-14-23)17-19-8-3-2-4-9-19;3-1(4)2(5)6/h2-10H,11-17H2,1H3,(H,22,25);(H,3,4)(H,5,6). The van der Waals surface area contributed by atoms with E-state index in [-0.39, 0.29) is 5.91 Å². The molecule has 1 saturated heterocycles. The van der Waals surface area contributed by atoms with Crippen molar-refractivity contribution in [1.29, 1.82) is 0 Å². The normalized spacial score (nSPS) is 14.2. The highest BCUT2D eigenvalue weighted by molar-refractivity contribution is 6.27. The van der Waals surface area contributed by atoms with Crippen LogP contribution in [0, 0.1) is 6.92 Å². The number of rotatable bonds is 6. The number of carbonyl (C=O) groups is 3. The summed E-state index contributed by atoms with van der Waals surface area (Å²) >= 11 is 0. The third-order valence-corrected chi connectivity index (χ3v) is 4.97. The molecule has 0 atom stereocenters. The minimum absolute atomic E-state index is 0.0982. The van der Waals surface area contributed by atoms with E-state index in [1.165, 1.54) is 5.56 Å². The van der Waals surface area contributed by atoms with Gasteiger partial charge >= 0.3 is 11.9 Å². The number of piperazine rings is 1. The second-order valence-electron chi connectivity index (χ2n) is 7.33. The number of amides is 1. The van der Waals surface area contributed by atoms with Crippen LogP contribution in [-0.2, 0) is 20.9 Å². The predicted octanol–water partition coefficient (Wildman–Crippen LogP) is 2.30. The molecule has 31 heavy (non-hydrogen) atoms. The zero-order chi connectivity index (χ0) is 22.6. The first kappa shape index (κ1) is 24.0. The summed E-state index contributed by atoms with van der Waals surface area (Å²) in [7, 11) is 0. The molecule has 0 radical (unpaired) electrons. The Morgan fingerprint density at radius 2 is 1.39 bits per heavy atom. The summed E-state index contributed by atoms with van der Waals surface area (Å²) in [5.74, 6) is -3.55. The largest absolute Gasteiger partial charge is 0.473 e. The van der Waals surface area contributed by atoms with Crippen molar-refractivity contribution in [3.63, 3.8) is 0 Å². The van der Waals surface area contributed by atoms with Crippen molar-refractivity contribution < 1.29 is 24.6 Å². The minimum Gasteiger partial charge on any atom is -0.473 e. The number of hydrogen-bond donors (Lipinski definition) is 3. The zero-order valence-electron chi connectivity index (χ0n) is 17.7. The smallest absolute Gasteiger partial charge is 0.414 e. The van der Waals surface area contributed by atoms with Crippen molar-refractivity contribution in [3.8, 4) is 0 Å². The topological polar surface area (TPSA) is 110 Å². The van der Waals surface area contributed by atoms with Crippen LogP contribution in [0.2, 0.25) is 0 Å². The van der Waals surface area contributed by atoms with Crippen LogP contribution in [0.15, 0.2) is 54.6 Å². The highest BCUT2D eigenvalue weighted by Gasteiger charge is 2.17. The zero-order valence-corrected chi connectivity index (χ0v) is 17.7. The number of para-hydroxylation sites is 1. The Morgan fingerprint density at radius 1 is 0.839 bits per heavy atom. The van der Waals surface area contributed by atoms with Crippen LogP contribution in [0.5, 0.6) is 0 Å². The molecule has 3 rings (SSSR count). The number of carbonyl (C=O) groups excluding carboxylic acids is 1. The summed E-state index contributed by atoms with van der Waals surface area (Å²) in [6.45, 7) is 8.05. The van der Waals surface area contributed by atoms with Gasteiger partial charge in [-0.2, -0.15) is 0 Å². The molecule has 0 aliphatic carbocycles. The molecule has 1 aliphatic rings. The maximum atomic E-state index is 12.2. The lowest BCUT2D eigenvalue weighted by Crippen LogP contribution is -2.46. The van der Waals surface area contributed by atoms with Gasteiger partial charge in [0.05, 0.1) is 0 Å². The van der Waals surface area contributed by atoms with E-state index in [9.17, 15) is 4.79 Å². The van der Waals surface area contributed by atoms with E-state index in [2.05, 4.69) is 45.4 Å². The van der Waals surface area contributed by atoms with Gasteiger partial charge < -0.3 is 20.4 Å². The molecule has 2 aromatic rings. The van der Waals surface area contributed by atoms with Gasteiger partial charge in [0.2, 0.25) is 5.91 Å². The van der Waals surface area contributed by atoms with Gasteiger partial charge in [0.1, 0.15) is 0 Å². The summed E-state index contributed by atoms with van der Waals surface area (Å²) in [5, 5.41) is 17.8. The van der Waals surface area contributed by atoms with Crippen molar-refractivity contribution in [2.24, 2.45) is 0 Å². The first-order valence-corrected chi connectivity index (χ1v) is 10.2. The first-order chi connectivity index (χ1) is 14.8. The molecule has 1 fully saturated rings. The summed E-state index contributed by atoms with van der Waals surface area (Å²) < 4.78 is 0. The molecule has 0 spiro atoms. The lowest BCUT2D eigenvalue weighted by molar-refractivity contribution is -0.159. The highest BCUT2D eigenvalue weighted by atomic mass is 16.4. The Labute approximate surface area is 182 Å².